The molecule has 0 unspecified atom stereocenters. The van der Waals surface area contributed by atoms with Gasteiger partial charge >= 0.3 is 0 Å². The minimum atomic E-state index is 0.774. The van der Waals surface area contributed by atoms with E-state index in [0.717, 1.165) is 57.9 Å². The van der Waals surface area contributed by atoms with Gasteiger partial charge in [-0.15, -0.1) is 0 Å². The summed E-state index contributed by atoms with van der Waals surface area (Å²) in [7, 11) is 0. The summed E-state index contributed by atoms with van der Waals surface area (Å²) in [5, 5.41) is 11.6. The second kappa shape index (κ2) is 13.8. The predicted molar refractivity (Wildman–Crippen MR) is 223 cm³/mol. The molecule has 53 heavy (non-hydrogen) atoms. The Labute approximate surface area is 309 Å². The number of pyridine rings is 2. The maximum Gasteiger partial charge on any atom is 0.138 e. The van der Waals surface area contributed by atoms with Crippen molar-refractivity contribution in [2.24, 2.45) is 4.99 Å². The highest BCUT2D eigenvalue weighted by molar-refractivity contribution is 6.26. The van der Waals surface area contributed by atoms with Crippen LogP contribution in [0.15, 0.2) is 169 Å². The molecule has 1 aliphatic rings. The minimum absolute atomic E-state index is 0.774. The fourth-order valence-electron chi connectivity index (χ4n) is 7.57. The number of allylic oxidation sites excluding steroid dienone is 2. The summed E-state index contributed by atoms with van der Waals surface area (Å²) in [6, 6.07) is 46.3. The van der Waals surface area contributed by atoms with Crippen LogP contribution in [0.25, 0.3) is 66.0 Å². The largest absolute Gasteiger partial charge is 0.339 e. The second-order valence-corrected chi connectivity index (χ2v) is 13.8. The Balaban J connectivity index is 1.09. The van der Waals surface area contributed by atoms with E-state index in [0.29, 0.717) is 0 Å². The highest BCUT2D eigenvalue weighted by Crippen LogP contribution is 2.39. The first-order valence-electron chi connectivity index (χ1n) is 18.2. The molecule has 4 heteroatoms. The Morgan fingerprint density at radius 3 is 1.62 bits per heavy atom. The van der Waals surface area contributed by atoms with Crippen LogP contribution in [0.2, 0.25) is 0 Å². The molecule has 8 aromatic rings. The van der Waals surface area contributed by atoms with Crippen LogP contribution in [0.4, 0.5) is 0 Å². The average molecular weight is 683 g/mol. The van der Waals surface area contributed by atoms with E-state index >= 15 is 0 Å². The minimum Gasteiger partial charge on any atom is -0.339 e. The number of benzene rings is 6. The van der Waals surface area contributed by atoms with Crippen molar-refractivity contribution in [2.45, 2.75) is 26.7 Å². The predicted octanol–water partition coefficient (Wildman–Crippen LogP) is 12.1. The van der Waals surface area contributed by atoms with Gasteiger partial charge in [0.15, 0.2) is 0 Å². The molecular weight excluding hydrogens is 645 g/mol. The first kappa shape index (κ1) is 32.3. The van der Waals surface area contributed by atoms with Crippen molar-refractivity contribution in [2.75, 3.05) is 0 Å². The molecule has 254 valence electrons. The fourth-order valence-corrected chi connectivity index (χ4v) is 7.57. The van der Waals surface area contributed by atoms with Crippen molar-refractivity contribution in [3.63, 3.8) is 0 Å². The number of rotatable bonds is 5. The summed E-state index contributed by atoms with van der Waals surface area (Å²) in [5.41, 5.74) is 12.4. The molecule has 0 saturated heterocycles. The highest BCUT2D eigenvalue weighted by atomic mass is 15.0. The van der Waals surface area contributed by atoms with Gasteiger partial charge < -0.3 is 5.32 Å². The maximum atomic E-state index is 5.20. The van der Waals surface area contributed by atoms with Crippen molar-refractivity contribution >= 4 is 49.5 Å². The molecule has 3 heterocycles. The molecule has 1 aliphatic heterocycles. The van der Waals surface area contributed by atoms with Crippen LogP contribution in [0.3, 0.4) is 0 Å². The molecule has 0 aliphatic carbocycles. The summed E-state index contributed by atoms with van der Waals surface area (Å²) in [5.74, 6) is 0.774. The first-order chi connectivity index (χ1) is 26.1. The second-order valence-electron chi connectivity index (χ2n) is 13.8. The summed E-state index contributed by atoms with van der Waals surface area (Å²) >= 11 is 0. The van der Waals surface area contributed by atoms with Crippen LogP contribution < -0.4 is 5.32 Å². The monoisotopic (exact) mass is 682 g/mol. The van der Waals surface area contributed by atoms with Crippen molar-refractivity contribution in [3.8, 4) is 22.3 Å². The first-order valence-corrected chi connectivity index (χ1v) is 18.2. The van der Waals surface area contributed by atoms with E-state index in [-0.39, 0.29) is 0 Å². The van der Waals surface area contributed by atoms with Crippen LogP contribution in [0.5, 0.6) is 0 Å². The number of aliphatic imine (C=N–C) groups is 1. The third-order valence-corrected chi connectivity index (χ3v) is 10.3. The van der Waals surface area contributed by atoms with Gasteiger partial charge in [0.1, 0.15) is 5.84 Å². The zero-order valence-corrected chi connectivity index (χ0v) is 29.8. The Kier molecular flexibility index (Phi) is 8.41. The Bertz CT molecular complexity index is 2700. The van der Waals surface area contributed by atoms with Crippen LogP contribution in [-0.2, 0) is 0 Å². The van der Waals surface area contributed by atoms with Crippen molar-refractivity contribution in [1.82, 2.24) is 15.3 Å². The van der Waals surface area contributed by atoms with Crippen molar-refractivity contribution in [1.29, 1.82) is 0 Å². The highest BCUT2D eigenvalue weighted by Gasteiger charge is 2.16. The summed E-state index contributed by atoms with van der Waals surface area (Å²) in [6.45, 7) is 4.35. The molecule has 0 saturated carbocycles. The Morgan fingerprint density at radius 1 is 0.434 bits per heavy atom. The van der Waals surface area contributed by atoms with Crippen molar-refractivity contribution < 1.29 is 0 Å². The van der Waals surface area contributed by atoms with E-state index in [1.807, 2.05) is 49.1 Å². The number of nitrogens with one attached hydrogen (secondary N) is 1. The van der Waals surface area contributed by atoms with Crippen LogP contribution in [0, 0.1) is 13.8 Å². The molecule has 0 spiro atoms. The van der Waals surface area contributed by atoms with E-state index in [1.165, 1.54) is 54.6 Å². The Morgan fingerprint density at radius 2 is 0.962 bits per heavy atom. The lowest BCUT2D eigenvalue weighted by Crippen LogP contribution is -2.23. The van der Waals surface area contributed by atoms with Gasteiger partial charge in [-0.3, -0.25) is 9.97 Å². The quantitative estimate of drug-likeness (QED) is 0.184. The van der Waals surface area contributed by atoms with E-state index in [1.54, 1.807) is 0 Å². The molecule has 4 nitrogen and oxygen atoms in total. The normalized spacial score (nSPS) is 14.4. The number of amidine groups is 1. The SMILES string of the molecule is Cc1ccc2c(c1)c1ccc(C)cc1c1ccc(-c3ccc(-c4ccccc4/C4=C\CCC=C(c5ccncc5)N=C(c5ccncc5)N4)cc3)cc21. The number of hydrogen-bond donors (Lipinski definition) is 1. The lowest BCUT2D eigenvalue weighted by molar-refractivity contribution is 1.05. The van der Waals surface area contributed by atoms with Gasteiger partial charge in [0.25, 0.3) is 0 Å². The molecule has 0 fully saturated rings. The average Bonchev–Trinajstić information content (AvgIpc) is 3.32. The molecule has 2 aromatic heterocycles. The third-order valence-electron chi connectivity index (χ3n) is 10.3. The zero-order valence-electron chi connectivity index (χ0n) is 29.8. The van der Waals surface area contributed by atoms with Crippen molar-refractivity contribution in [3.05, 3.63) is 192 Å². The number of hydrogen-bond acceptors (Lipinski definition) is 4. The maximum absolute atomic E-state index is 5.20. The molecule has 6 aromatic carbocycles. The lowest BCUT2D eigenvalue weighted by atomic mass is 9.90. The van der Waals surface area contributed by atoms with Gasteiger partial charge in [-0.25, -0.2) is 4.99 Å². The van der Waals surface area contributed by atoms with Gasteiger partial charge in [0.2, 0.25) is 0 Å². The zero-order chi connectivity index (χ0) is 35.7. The van der Waals surface area contributed by atoms with Crippen LogP contribution in [0.1, 0.15) is 40.7 Å². The summed E-state index contributed by atoms with van der Waals surface area (Å²) in [6.07, 6.45) is 13.5. The van der Waals surface area contributed by atoms with E-state index in [4.69, 9.17) is 4.99 Å². The van der Waals surface area contributed by atoms with E-state index in [9.17, 15) is 0 Å². The van der Waals surface area contributed by atoms with Gasteiger partial charge in [-0.05, 0) is 112 Å². The molecule has 0 bridgehead atoms. The number of aryl methyl sites for hydroxylation is 2. The molecule has 1 N–H and O–H groups in total. The third kappa shape index (κ3) is 6.30. The molecule has 9 rings (SSSR count). The van der Waals surface area contributed by atoms with Gasteiger partial charge in [0.05, 0.1) is 5.70 Å². The summed E-state index contributed by atoms with van der Waals surface area (Å²) in [4.78, 5) is 13.7. The fraction of sp³-hybridized carbons (Fsp3) is 0.0816. The summed E-state index contributed by atoms with van der Waals surface area (Å²) < 4.78 is 0. The topological polar surface area (TPSA) is 50.2 Å². The van der Waals surface area contributed by atoms with Gasteiger partial charge in [-0.2, -0.15) is 0 Å². The van der Waals surface area contributed by atoms with Crippen LogP contribution in [-0.4, -0.2) is 15.8 Å². The molecular formula is C49H38N4. The Hall–Kier alpha value is -6.65. The molecule has 0 radical (unpaired) electrons. The number of aromatic nitrogens is 2. The lowest BCUT2D eigenvalue weighted by Gasteiger charge is -2.18. The number of nitrogens with zero attached hydrogens (tertiary/aromatic N) is 3. The number of fused-ring (bicyclic) bond motifs is 6. The van der Waals surface area contributed by atoms with Gasteiger partial charge in [0, 0.05) is 47.2 Å². The standard InChI is InChI=1S/C49H38N4/c1-32-11-18-40-44-29-33(2)12-19-41(44)46-31-38(17-20-42(46)45(40)30-32)34-13-15-35(16-14-34)39-7-3-4-8-43(39)48-10-6-5-9-47(36-21-25-50-26-22-36)52-49(53-48)37-23-27-51-28-24-37/h3-4,7-31H,5-6H2,1-2H3,(H,52,53)/b47-9?,48-10+. The van der Waals surface area contributed by atoms with E-state index < -0.39 is 0 Å². The van der Waals surface area contributed by atoms with Crippen LogP contribution >= 0.6 is 0 Å². The molecule has 0 amide bonds. The van der Waals surface area contributed by atoms with Gasteiger partial charge in [-0.1, -0.05) is 120 Å². The smallest absolute Gasteiger partial charge is 0.138 e. The van der Waals surface area contributed by atoms with E-state index in [2.05, 4.69) is 144 Å². The molecule has 0 atom stereocenters.